The molecular weight excluding hydrogens is 284 g/mol. The molecule has 1 N–H and O–H groups in total. The van der Waals surface area contributed by atoms with Crippen molar-refractivity contribution in [3.63, 3.8) is 0 Å². The molecule has 0 amide bonds. The molecule has 1 aromatic carbocycles. The van der Waals surface area contributed by atoms with Crippen LogP contribution in [0.4, 0.5) is 0 Å². The number of halogens is 1. The van der Waals surface area contributed by atoms with Gasteiger partial charge < -0.3 is 10.1 Å². The van der Waals surface area contributed by atoms with Gasteiger partial charge in [0.25, 0.3) is 0 Å². The molecule has 2 aromatic rings. The van der Waals surface area contributed by atoms with Crippen LogP contribution in [0.3, 0.4) is 0 Å². The van der Waals surface area contributed by atoms with E-state index in [1.165, 1.54) is 5.56 Å². The Morgan fingerprint density at radius 2 is 2.00 bits per heavy atom. The number of pyridine rings is 1. The van der Waals surface area contributed by atoms with Crippen LogP contribution in [0.15, 0.2) is 48.7 Å². The summed E-state index contributed by atoms with van der Waals surface area (Å²) in [5.74, 6) is 1.56. The van der Waals surface area contributed by atoms with E-state index in [0.717, 1.165) is 18.1 Å². The molecular formula is C17H19ClN2O. The van der Waals surface area contributed by atoms with Crippen LogP contribution >= 0.6 is 11.6 Å². The van der Waals surface area contributed by atoms with Crippen LogP contribution in [0.1, 0.15) is 18.4 Å². The summed E-state index contributed by atoms with van der Waals surface area (Å²) < 4.78 is 6.00. The Morgan fingerprint density at radius 1 is 1.19 bits per heavy atom. The average Bonchev–Trinajstić information content (AvgIpc) is 2.98. The van der Waals surface area contributed by atoms with E-state index in [4.69, 9.17) is 16.3 Å². The Bertz CT molecular complexity index is 573. The number of hydrogen-bond donors (Lipinski definition) is 1. The highest BCUT2D eigenvalue weighted by Crippen LogP contribution is 2.32. The summed E-state index contributed by atoms with van der Waals surface area (Å²) in [6.45, 7) is 4.05. The molecule has 0 bridgehead atoms. The molecule has 0 unspecified atom stereocenters. The van der Waals surface area contributed by atoms with Crippen molar-refractivity contribution in [2.24, 2.45) is 5.92 Å². The van der Waals surface area contributed by atoms with E-state index in [9.17, 15) is 0 Å². The maximum Gasteiger partial charge on any atom is 0.213 e. The largest absolute Gasteiger partial charge is 0.474 e. The Balaban J connectivity index is 1.72. The maximum absolute atomic E-state index is 6.00. The van der Waals surface area contributed by atoms with Gasteiger partial charge in [0, 0.05) is 42.2 Å². The van der Waals surface area contributed by atoms with E-state index in [2.05, 4.69) is 29.4 Å². The number of nitrogens with one attached hydrogen (secondary N) is 1. The molecule has 1 aliphatic heterocycles. The zero-order chi connectivity index (χ0) is 14.7. The van der Waals surface area contributed by atoms with Gasteiger partial charge in [-0.2, -0.15) is 0 Å². The lowest BCUT2D eigenvalue weighted by Gasteiger charge is -2.25. The Labute approximate surface area is 130 Å². The zero-order valence-corrected chi connectivity index (χ0v) is 12.8. The number of benzene rings is 1. The van der Waals surface area contributed by atoms with Crippen LogP contribution in [0, 0.1) is 5.92 Å². The standard InChI is InChI=1S/C17H19ClN2O/c1-12(21-17-4-2-3-9-20-17)15-10-19-11-16(15)13-5-7-14(18)8-6-13/h2-9,12,15-16,19H,10-11H2,1H3/t12-,15+,16+/m0/s1. The molecule has 0 radical (unpaired) electrons. The fourth-order valence-corrected chi connectivity index (χ4v) is 3.09. The third-order valence-electron chi connectivity index (χ3n) is 4.11. The van der Waals surface area contributed by atoms with Crippen LogP contribution in [0.5, 0.6) is 5.88 Å². The lowest BCUT2D eigenvalue weighted by Crippen LogP contribution is -2.29. The highest BCUT2D eigenvalue weighted by Gasteiger charge is 2.33. The van der Waals surface area contributed by atoms with Crippen molar-refractivity contribution < 1.29 is 4.74 Å². The van der Waals surface area contributed by atoms with Gasteiger partial charge >= 0.3 is 0 Å². The Kier molecular flexibility index (Phi) is 4.42. The summed E-state index contributed by atoms with van der Waals surface area (Å²) in [6.07, 6.45) is 1.86. The van der Waals surface area contributed by atoms with Crippen LogP contribution in [-0.4, -0.2) is 24.2 Å². The minimum atomic E-state index is 0.107. The molecule has 3 nitrogen and oxygen atoms in total. The smallest absolute Gasteiger partial charge is 0.213 e. The van der Waals surface area contributed by atoms with Gasteiger partial charge in [0.05, 0.1) is 0 Å². The van der Waals surface area contributed by atoms with Gasteiger partial charge in [0.1, 0.15) is 6.10 Å². The minimum Gasteiger partial charge on any atom is -0.474 e. The highest BCUT2D eigenvalue weighted by molar-refractivity contribution is 6.30. The summed E-state index contributed by atoms with van der Waals surface area (Å²) in [4.78, 5) is 4.24. The normalized spacial score (nSPS) is 23.0. The van der Waals surface area contributed by atoms with Crippen LogP contribution < -0.4 is 10.1 Å². The molecule has 0 aliphatic carbocycles. The average molecular weight is 303 g/mol. The molecule has 2 heterocycles. The van der Waals surface area contributed by atoms with Gasteiger partial charge in [-0.1, -0.05) is 29.8 Å². The number of rotatable bonds is 4. The number of aromatic nitrogens is 1. The van der Waals surface area contributed by atoms with Crippen molar-refractivity contribution in [2.45, 2.75) is 18.9 Å². The first-order valence-electron chi connectivity index (χ1n) is 7.28. The SMILES string of the molecule is C[C@H](Oc1ccccn1)[C@H]1CNC[C@@H]1c1ccc(Cl)cc1. The molecule has 21 heavy (non-hydrogen) atoms. The molecule has 0 saturated carbocycles. The second-order valence-corrected chi connectivity index (χ2v) is 5.91. The predicted octanol–water partition coefficient (Wildman–Crippen LogP) is 3.51. The fraction of sp³-hybridized carbons (Fsp3) is 0.353. The summed E-state index contributed by atoms with van der Waals surface area (Å²) >= 11 is 5.98. The van der Waals surface area contributed by atoms with Crippen molar-refractivity contribution in [1.29, 1.82) is 0 Å². The van der Waals surface area contributed by atoms with Gasteiger partial charge in [-0.05, 0) is 30.7 Å². The molecule has 3 atom stereocenters. The first kappa shape index (κ1) is 14.4. The third-order valence-corrected chi connectivity index (χ3v) is 4.36. The second kappa shape index (κ2) is 6.46. The second-order valence-electron chi connectivity index (χ2n) is 5.47. The van der Waals surface area contributed by atoms with E-state index < -0.39 is 0 Å². The van der Waals surface area contributed by atoms with Gasteiger partial charge in [-0.15, -0.1) is 0 Å². The first-order valence-corrected chi connectivity index (χ1v) is 7.65. The van der Waals surface area contributed by atoms with E-state index in [-0.39, 0.29) is 6.10 Å². The van der Waals surface area contributed by atoms with Crippen LogP contribution in [0.2, 0.25) is 5.02 Å². The van der Waals surface area contributed by atoms with E-state index in [0.29, 0.717) is 17.7 Å². The number of ether oxygens (including phenoxy) is 1. The summed E-state index contributed by atoms with van der Waals surface area (Å²) in [5, 5.41) is 4.25. The Hall–Kier alpha value is -1.58. The zero-order valence-electron chi connectivity index (χ0n) is 12.0. The lowest BCUT2D eigenvalue weighted by atomic mass is 9.86. The molecule has 110 valence electrons. The van der Waals surface area contributed by atoms with Crippen molar-refractivity contribution in [3.8, 4) is 5.88 Å². The highest BCUT2D eigenvalue weighted by atomic mass is 35.5. The van der Waals surface area contributed by atoms with Crippen LogP contribution in [-0.2, 0) is 0 Å². The van der Waals surface area contributed by atoms with Crippen molar-refractivity contribution in [1.82, 2.24) is 10.3 Å². The summed E-state index contributed by atoms with van der Waals surface area (Å²) in [6, 6.07) is 13.9. The van der Waals surface area contributed by atoms with E-state index in [1.54, 1.807) is 6.20 Å². The maximum atomic E-state index is 6.00. The van der Waals surface area contributed by atoms with Gasteiger partial charge in [-0.25, -0.2) is 4.98 Å². The molecule has 1 fully saturated rings. The fourth-order valence-electron chi connectivity index (χ4n) is 2.96. The molecule has 0 spiro atoms. The van der Waals surface area contributed by atoms with Crippen LogP contribution in [0.25, 0.3) is 0 Å². The van der Waals surface area contributed by atoms with Gasteiger partial charge in [0.2, 0.25) is 5.88 Å². The topological polar surface area (TPSA) is 34.1 Å². The van der Waals surface area contributed by atoms with Crippen molar-refractivity contribution in [2.75, 3.05) is 13.1 Å². The minimum absolute atomic E-state index is 0.107. The predicted molar refractivity (Wildman–Crippen MR) is 84.9 cm³/mol. The monoisotopic (exact) mass is 302 g/mol. The quantitative estimate of drug-likeness (QED) is 0.938. The number of nitrogens with zero attached hydrogens (tertiary/aromatic N) is 1. The summed E-state index contributed by atoms with van der Waals surface area (Å²) in [5.41, 5.74) is 1.31. The van der Waals surface area contributed by atoms with Crippen molar-refractivity contribution in [3.05, 3.63) is 59.2 Å². The van der Waals surface area contributed by atoms with Gasteiger partial charge in [-0.3, -0.25) is 0 Å². The number of hydrogen-bond acceptors (Lipinski definition) is 3. The Morgan fingerprint density at radius 3 is 2.71 bits per heavy atom. The molecule has 3 rings (SSSR count). The molecule has 1 saturated heterocycles. The lowest BCUT2D eigenvalue weighted by molar-refractivity contribution is 0.145. The van der Waals surface area contributed by atoms with Gasteiger partial charge in [0.15, 0.2) is 0 Å². The third kappa shape index (κ3) is 3.36. The van der Waals surface area contributed by atoms with E-state index in [1.807, 2.05) is 30.3 Å². The molecule has 4 heteroatoms. The molecule has 1 aliphatic rings. The first-order chi connectivity index (χ1) is 10.2. The van der Waals surface area contributed by atoms with Crippen molar-refractivity contribution >= 4 is 11.6 Å². The summed E-state index contributed by atoms with van der Waals surface area (Å²) in [7, 11) is 0. The van der Waals surface area contributed by atoms with E-state index >= 15 is 0 Å². The molecule has 1 aromatic heterocycles.